The van der Waals surface area contributed by atoms with E-state index < -0.39 is 0 Å². The van der Waals surface area contributed by atoms with E-state index >= 15 is 0 Å². The minimum atomic E-state index is 0. The topological polar surface area (TPSA) is 63.9 Å². The third kappa shape index (κ3) is 6.87. The zero-order valence-electron chi connectivity index (χ0n) is 18.2. The van der Waals surface area contributed by atoms with E-state index in [9.17, 15) is 0 Å². The van der Waals surface area contributed by atoms with Gasteiger partial charge in [0.15, 0.2) is 5.96 Å². The number of benzene rings is 1. The first-order valence-electron chi connectivity index (χ1n) is 10.3. The maximum absolute atomic E-state index is 5.79. The highest BCUT2D eigenvalue weighted by molar-refractivity contribution is 14.0. The Morgan fingerprint density at radius 3 is 2.77 bits per heavy atom. The summed E-state index contributed by atoms with van der Waals surface area (Å²) in [5.74, 6) is 2.47. The molecular formula is C22H34IN5O2. The molecule has 1 aliphatic rings. The van der Waals surface area contributed by atoms with Gasteiger partial charge in [-0.15, -0.1) is 24.0 Å². The molecule has 2 atom stereocenters. The van der Waals surface area contributed by atoms with Crippen molar-refractivity contribution in [3.63, 3.8) is 0 Å². The van der Waals surface area contributed by atoms with E-state index in [2.05, 4.69) is 37.9 Å². The summed E-state index contributed by atoms with van der Waals surface area (Å²) in [5.41, 5.74) is 1.16. The van der Waals surface area contributed by atoms with Crippen LogP contribution in [0.3, 0.4) is 0 Å². The number of aromatic nitrogens is 2. The van der Waals surface area contributed by atoms with Crippen LogP contribution in [0, 0.1) is 5.92 Å². The molecule has 0 radical (unpaired) electrons. The number of rotatable bonds is 8. The second-order valence-corrected chi connectivity index (χ2v) is 7.52. The third-order valence-corrected chi connectivity index (χ3v) is 5.51. The van der Waals surface area contributed by atoms with Gasteiger partial charge in [0.25, 0.3) is 0 Å². The van der Waals surface area contributed by atoms with Crippen molar-refractivity contribution < 1.29 is 9.47 Å². The molecule has 7 nitrogen and oxygen atoms in total. The molecule has 2 heterocycles. The van der Waals surface area contributed by atoms with Gasteiger partial charge in [-0.2, -0.15) is 0 Å². The van der Waals surface area contributed by atoms with Gasteiger partial charge in [-0.05, 0) is 36.5 Å². The number of guanidine groups is 1. The van der Waals surface area contributed by atoms with Crippen LogP contribution in [0.15, 0.2) is 48.0 Å². The van der Waals surface area contributed by atoms with Crippen molar-refractivity contribution >= 4 is 29.9 Å². The summed E-state index contributed by atoms with van der Waals surface area (Å²) in [6.45, 7) is 6.47. The summed E-state index contributed by atoms with van der Waals surface area (Å²) < 4.78 is 13.2. The first kappa shape index (κ1) is 24.5. The van der Waals surface area contributed by atoms with E-state index in [1.807, 2.05) is 43.8 Å². The summed E-state index contributed by atoms with van der Waals surface area (Å²) in [7, 11) is 3.53. The quantitative estimate of drug-likeness (QED) is 0.246. The number of ether oxygens (including phenoxy) is 2. The van der Waals surface area contributed by atoms with Gasteiger partial charge in [0, 0.05) is 45.7 Å². The van der Waals surface area contributed by atoms with Crippen LogP contribution in [0.1, 0.15) is 31.4 Å². The van der Waals surface area contributed by atoms with E-state index in [0.717, 1.165) is 49.7 Å². The number of halogens is 1. The number of aliphatic imine (C=N–C) groups is 1. The molecule has 1 aliphatic heterocycles. The molecule has 0 amide bonds. The van der Waals surface area contributed by atoms with Crippen LogP contribution in [0.4, 0.5) is 0 Å². The predicted molar refractivity (Wildman–Crippen MR) is 131 cm³/mol. The zero-order chi connectivity index (χ0) is 20.5. The van der Waals surface area contributed by atoms with Crippen molar-refractivity contribution in [2.75, 3.05) is 40.4 Å². The molecule has 0 saturated carbocycles. The molecular weight excluding hydrogens is 493 g/mol. The van der Waals surface area contributed by atoms with Gasteiger partial charge in [-0.3, -0.25) is 4.99 Å². The molecule has 0 aliphatic carbocycles. The highest BCUT2D eigenvalue weighted by atomic mass is 127. The molecule has 1 aromatic carbocycles. The fourth-order valence-corrected chi connectivity index (χ4v) is 3.71. The van der Waals surface area contributed by atoms with Crippen molar-refractivity contribution in [3.05, 3.63) is 48.5 Å². The molecule has 8 heteroatoms. The Kier molecular flexibility index (Phi) is 10.4. The second kappa shape index (κ2) is 12.8. The fraction of sp³-hybridized carbons (Fsp3) is 0.545. The molecule has 0 spiro atoms. The SMILES string of the molecule is CN=C(NCCCOCc1ccc(OC)cc1)N1CCC(C)C(n2ccnc2)C1.I. The monoisotopic (exact) mass is 527 g/mol. The van der Waals surface area contributed by atoms with E-state index in [4.69, 9.17) is 9.47 Å². The molecule has 1 saturated heterocycles. The summed E-state index contributed by atoms with van der Waals surface area (Å²) in [6, 6.07) is 8.42. The van der Waals surface area contributed by atoms with E-state index in [1.54, 1.807) is 7.11 Å². The molecule has 30 heavy (non-hydrogen) atoms. The Balaban J connectivity index is 0.00000320. The Bertz CT molecular complexity index is 751. The highest BCUT2D eigenvalue weighted by Crippen LogP contribution is 2.27. The van der Waals surface area contributed by atoms with Crippen LogP contribution < -0.4 is 10.1 Å². The van der Waals surface area contributed by atoms with Crippen LogP contribution in [0.25, 0.3) is 0 Å². The molecule has 1 fully saturated rings. The first-order chi connectivity index (χ1) is 14.2. The molecule has 3 rings (SSSR count). The van der Waals surface area contributed by atoms with Crippen molar-refractivity contribution in [1.82, 2.24) is 19.8 Å². The van der Waals surface area contributed by atoms with E-state index in [1.165, 1.54) is 0 Å². The van der Waals surface area contributed by atoms with Crippen molar-refractivity contribution in [1.29, 1.82) is 0 Å². The molecule has 1 aromatic heterocycles. The Labute approximate surface area is 196 Å². The number of hydrogen-bond acceptors (Lipinski definition) is 4. The number of likely N-dealkylation sites (tertiary alicyclic amines) is 1. The summed E-state index contributed by atoms with van der Waals surface area (Å²) >= 11 is 0. The number of methoxy groups -OCH3 is 1. The number of nitrogens with zero attached hydrogens (tertiary/aromatic N) is 4. The summed E-state index contributed by atoms with van der Waals surface area (Å²) in [5, 5.41) is 3.49. The smallest absolute Gasteiger partial charge is 0.193 e. The van der Waals surface area contributed by atoms with E-state index in [-0.39, 0.29) is 24.0 Å². The van der Waals surface area contributed by atoms with Crippen LogP contribution in [0.2, 0.25) is 0 Å². The fourth-order valence-electron chi connectivity index (χ4n) is 3.71. The maximum atomic E-state index is 5.79. The number of nitrogens with one attached hydrogen (secondary N) is 1. The summed E-state index contributed by atoms with van der Waals surface area (Å²) in [4.78, 5) is 11.0. The van der Waals surface area contributed by atoms with Crippen LogP contribution in [0.5, 0.6) is 5.75 Å². The van der Waals surface area contributed by atoms with Gasteiger partial charge >= 0.3 is 0 Å². The molecule has 1 N–H and O–H groups in total. The Morgan fingerprint density at radius 1 is 1.30 bits per heavy atom. The van der Waals surface area contributed by atoms with Crippen molar-refractivity contribution in [2.45, 2.75) is 32.4 Å². The molecule has 2 aromatic rings. The van der Waals surface area contributed by atoms with E-state index in [0.29, 0.717) is 25.2 Å². The Hall–Kier alpha value is -1.81. The average molecular weight is 527 g/mol. The van der Waals surface area contributed by atoms with Gasteiger partial charge in [0.05, 0.1) is 26.1 Å². The minimum absolute atomic E-state index is 0. The lowest BCUT2D eigenvalue weighted by Gasteiger charge is -2.39. The van der Waals surface area contributed by atoms with Gasteiger partial charge in [0.2, 0.25) is 0 Å². The van der Waals surface area contributed by atoms with Gasteiger partial charge in [0.1, 0.15) is 5.75 Å². The lowest BCUT2D eigenvalue weighted by Crippen LogP contribution is -2.49. The average Bonchev–Trinajstić information content (AvgIpc) is 3.29. The number of piperidine rings is 1. The second-order valence-electron chi connectivity index (χ2n) is 7.52. The van der Waals surface area contributed by atoms with Gasteiger partial charge < -0.3 is 24.3 Å². The lowest BCUT2D eigenvalue weighted by molar-refractivity contribution is 0.119. The van der Waals surface area contributed by atoms with Crippen molar-refractivity contribution in [3.8, 4) is 5.75 Å². The van der Waals surface area contributed by atoms with Gasteiger partial charge in [-0.25, -0.2) is 4.98 Å². The normalized spacial score (nSPS) is 19.3. The van der Waals surface area contributed by atoms with Crippen molar-refractivity contribution in [2.24, 2.45) is 10.9 Å². The number of imidazole rings is 1. The largest absolute Gasteiger partial charge is 0.497 e. The Morgan fingerprint density at radius 2 is 2.10 bits per heavy atom. The first-order valence-corrected chi connectivity index (χ1v) is 10.3. The predicted octanol–water partition coefficient (Wildman–Crippen LogP) is 3.57. The molecule has 0 bridgehead atoms. The summed E-state index contributed by atoms with van der Waals surface area (Å²) in [6.07, 6.45) is 7.91. The third-order valence-electron chi connectivity index (χ3n) is 5.51. The lowest BCUT2D eigenvalue weighted by atomic mass is 9.93. The standard InChI is InChI=1S/C22H33N5O2.HI/c1-18-9-12-26(15-21(18)27-13-11-24-17-27)22(23-2)25-10-4-14-29-16-19-5-7-20(28-3)8-6-19;/h5-8,11,13,17-18,21H,4,9-10,12,14-16H2,1-3H3,(H,23,25);1H. The van der Waals surface area contributed by atoms with Crippen LogP contribution >= 0.6 is 24.0 Å². The van der Waals surface area contributed by atoms with Crippen LogP contribution in [-0.2, 0) is 11.3 Å². The van der Waals surface area contributed by atoms with Crippen LogP contribution in [-0.4, -0.2) is 60.8 Å². The molecule has 2 unspecified atom stereocenters. The maximum Gasteiger partial charge on any atom is 0.193 e. The zero-order valence-corrected chi connectivity index (χ0v) is 20.5. The number of hydrogen-bond donors (Lipinski definition) is 1. The van der Waals surface area contributed by atoms with Gasteiger partial charge in [-0.1, -0.05) is 19.1 Å². The highest BCUT2D eigenvalue weighted by Gasteiger charge is 2.28. The minimum Gasteiger partial charge on any atom is -0.497 e. The molecule has 166 valence electrons.